The van der Waals surface area contributed by atoms with E-state index < -0.39 is 0 Å². The van der Waals surface area contributed by atoms with Gasteiger partial charge in [-0.15, -0.1) is 0 Å². The van der Waals surface area contributed by atoms with E-state index in [0.29, 0.717) is 30.3 Å². The van der Waals surface area contributed by atoms with Gasteiger partial charge in [-0.3, -0.25) is 9.79 Å². The number of halogens is 1. The van der Waals surface area contributed by atoms with Crippen molar-refractivity contribution in [2.24, 2.45) is 4.99 Å². The fraction of sp³-hybridized carbons (Fsp3) is 0.619. The van der Waals surface area contributed by atoms with Crippen LogP contribution in [0.15, 0.2) is 23.2 Å². The Morgan fingerprint density at radius 1 is 1.21 bits per heavy atom. The maximum atomic E-state index is 13.5. The normalized spacial score (nSPS) is 18.0. The quantitative estimate of drug-likeness (QED) is 0.361. The maximum absolute atomic E-state index is 13.5. The number of guanidine groups is 1. The van der Waals surface area contributed by atoms with E-state index in [1.165, 1.54) is 31.9 Å². The van der Waals surface area contributed by atoms with Crippen LogP contribution in [0.2, 0.25) is 0 Å². The van der Waals surface area contributed by atoms with Crippen LogP contribution < -0.4 is 16.0 Å². The lowest BCUT2D eigenvalue weighted by Gasteiger charge is -2.33. The highest BCUT2D eigenvalue weighted by molar-refractivity contribution is 5.94. The second kappa shape index (κ2) is 11.6. The molecule has 1 fully saturated rings. The fourth-order valence-electron chi connectivity index (χ4n) is 3.39. The number of amides is 1. The number of aryl methyl sites for hydroxylation is 1. The van der Waals surface area contributed by atoms with Crippen molar-refractivity contribution in [3.8, 4) is 0 Å². The van der Waals surface area contributed by atoms with Crippen molar-refractivity contribution in [2.45, 2.75) is 45.6 Å². The molecule has 0 saturated carbocycles. The molecule has 0 radical (unpaired) electrons. The van der Waals surface area contributed by atoms with Crippen molar-refractivity contribution in [1.29, 1.82) is 0 Å². The predicted molar refractivity (Wildman–Crippen MR) is 112 cm³/mol. The Morgan fingerprint density at radius 3 is 2.68 bits per heavy atom. The molecule has 28 heavy (non-hydrogen) atoms. The lowest BCUT2D eigenvalue weighted by Crippen LogP contribution is -2.43. The van der Waals surface area contributed by atoms with Gasteiger partial charge in [-0.25, -0.2) is 4.39 Å². The zero-order valence-electron chi connectivity index (χ0n) is 17.4. The Labute approximate surface area is 168 Å². The first-order chi connectivity index (χ1) is 13.5. The van der Waals surface area contributed by atoms with Crippen molar-refractivity contribution in [3.05, 3.63) is 35.1 Å². The standard InChI is InChI=1S/C21H34FN5O/c1-16-8-9-18(15-19(16)22)20(28)24-11-12-26-21(23-3)25-10-6-14-27-13-5-4-7-17(27)2/h8-9,15,17H,4-7,10-14H2,1-3H3,(H,24,28)(H2,23,25,26). The Kier molecular flexibility index (Phi) is 9.20. The third-order valence-corrected chi connectivity index (χ3v) is 5.22. The SMILES string of the molecule is CN=C(NCCCN1CCCCC1C)NCCNC(=O)c1ccc(C)c(F)c1. The van der Waals surface area contributed by atoms with E-state index in [0.717, 1.165) is 25.5 Å². The number of likely N-dealkylation sites (tertiary alicyclic amines) is 1. The second-order valence-corrected chi connectivity index (χ2v) is 7.38. The zero-order chi connectivity index (χ0) is 20.4. The van der Waals surface area contributed by atoms with Gasteiger partial charge in [0.05, 0.1) is 0 Å². The number of benzene rings is 1. The molecular formula is C21H34FN5O. The molecule has 1 saturated heterocycles. The summed E-state index contributed by atoms with van der Waals surface area (Å²) in [6.07, 6.45) is 5.03. The van der Waals surface area contributed by atoms with Gasteiger partial charge in [-0.1, -0.05) is 12.5 Å². The summed E-state index contributed by atoms with van der Waals surface area (Å²) in [5.74, 6) is 0.0796. The minimum atomic E-state index is -0.366. The number of hydrogen-bond donors (Lipinski definition) is 3. The Balaban J connectivity index is 1.60. The third kappa shape index (κ3) is 7.11. The van der Waals surface area contributed by atoms with E-state index in [1.54, 1.807) is 26.1 Å². The number of carbonyl (C=O) groups excluding carboxylic acids is 1. The molecule has 1 aromatic rings. The molecule has 1 unspecified atom stereocenters. The van der Waals surface area contributed by atoms with Crippen LogP contribution in [0.1, 0.15) is 48.5 Å². The van der Waals surface area contributed by atoms with Crippen LogP contribution >= 0.6 is 0 Å². The maximum Gasteiger partial charge on any atom is 0.251 e. The molecule has 1 atom stereocenters. The summed E-state index contributed by atoms with van der Waals surface area (Å²) in [6.45, 7) is 8.13. The summed E-state index contributed by atoms with van der Waals surface area (Å²) >= 11 is 0. The van der Waals surface area contributed by atoms with Gasteiger partial charge in [-0.05, 0) is 57.4 Å². The first kappa shape index (κ1) is 22.1. The average molecular weight is 392 g/mol. The summed E-state index contributed by atoms with van der Waals surface area (Å²) in [5.41, 5.74) is 0.861. The molecule has 1 aliphatic rings. The number of nitrogens with one attached hydrogen (secondary N) is 3. The van der Waals surface area contributed by atoms with Crippen LogP contribution in [-0.4, -0.2) is 62.6 Å². The third-order valence-electron chi connectivity index (χ3n) is 5.22. The summed E-state index contributed by atoms with van der Waals surface area (Å²) in [4.78, 5) is 18.8. The van der Waals surface area contributed by atoms with Gasteiger partial charge in [0.2, 0.25) is 0 Å². The average Bonchev–Trinajstić information content (AvgIpc) is 2.69. The first-order valence-corrected chi connectivity index (χ1v) is 10.2. The molecule has 1 aromatic carbocycles. The Hall–Kier alpha value is -2.15. The van der Waals surface area contributed by atoms with Crippen LogP contribution in [0.5, 0.6) is 0 Å². The molecule has 1 amide bonds. The molecule has 0 spiro atoms. The van der Waals surface area contributed by atoms with Gasteiger partial charge in [0, 0.05) is 44.8 Å². The fourth-order valence-corrected chi connectivity index (χ4v) is 3.39. The molecule has 0 bridgehead atoms. The molecule has 0 aliphatic carbocycles. The van der Waals surface area contributed by atoms with Crippen molar-refractivity contribution >= 4 is 11.9 Å². The van der Waals surface area contributed by atoms with Crippen LogP contribution in [0.3, 0.4) is 0 Å². The molecule has 1 heterocycles. The highest BCUT2D eigenvalue weighted by Gasteiger charge is 2.17. The van der Waals surface area contributed by atoms with Crippen LogP contribution in [0.25, 0.3) is 0 Å². The van der Waals surface area contributed by atoms with E-state index in [2.05, 4.69) is 32.8 Å². The number of rotatable bonds is 8. The number of carbonyl (C=O) groups is 1. The summed E-state index contributed by atoms with van der Waals surface area (Å²) in [5, 5.41) is 9.27. The summed E-state index contributed by atoms with van der Waals surface area (Å²) < 4.78 is 13.5. The van der Waals surface area contributed by atoms with Crippen LogP contribution in [-0.2, 0) is 0 Å². The van der Waals surface area contributed by atoms with Crippen LogP contribution in [0, 0.1) is 12.7 Å². The Bertz CT molecular complexity index is 664. The van der Waals surface area contributed by atoms with Crippen molar-refractivity contribution in [2.75, 3.05) is 39.8 Å². The lowest BCUT2D eigenvalue weighted by molar-refractivity contribution is 0.0954. The molecule has 7 heteroatoms. The predicted octanol–water partition coefficient (Wildman–Crippen LogP) is 2.29. The van der Waals surface area contributed by atoms with Gasteiger partial charge in [0.15, 0.2) is 5.96 Å². The van der Waals surface area contributed by atoms with Crippen molar-refractivity contribution in [1.82, 2.24) is 20.9 Å². The molecular weight excluding hydrogens is 357 g/mol. The van der Waals surface area contributed by atoms with E-state index in [4.69, 9.17) is 0 Å². The minimum Gasteiger partial charge on any atom is -0.356 e. The van der Waals surface area contributed by atoms with Gasteiger partial charge >= 0.3 is 0 Å². The molecule has 0 aromatic heterocycles. The first-order valence-electron chi connectivity index (χ1n) is 10.2. The van der Waals surface area contributed by atoms with Gasteiger partial charge in [0.1, 0.15) is 5.82 Å². The van der Waals surface area contributed by atoms with Crippen LogP contribution in [0.4, 0.5) is 4.39 Å². The Morgan fingerprint density at radius 2 is 1.96 bits per heavy atom. The zero-order valence-corrected chi connectivity index (χ0v) is 17.4. The summed E-state index contributed by atoms with van der Waals surface area (Å²) in [7, 11) is 1.73. The van der Waals surface area contributed by atoms with Gasteiger partial charge in [0.25, 0.3) is 5.91 Å². The molecule has 1 aliphatic heterocycles. The minimum absolute atomic E-state index is 0.278. The lowest BCUT2D eigenvalue weighted by atomic mass is 10.0. The van der Waals surface area contributed by atoms with Gasteiger partial charge in [-0.2, -0.15) is 0 Å². The summed E-state index contributed by atoms with van der Waals surface area (Å²) in [6, 6.07) is 5.20. The highest BCUT2D eigenvalue weighted by atomic mass is 19.1. The molecule has 156 valence electrons. The molecule has 3 N–H and O–H groups in total. The van der Waals surface area contributed by atoms with E-state index in [9.17, 15) is 9.18 Å². The number of piperidine rings is 1. The van der Waals surface area contributed by atoms with Crippen molar-refractivity contribution in [3.63, 3.8) is 0 Å². The number of aliphatic imine (C=N–C) groups is 1. The topological polar surface area (TPSA) is 68.8 Å². The molecule has 6 nitrogen and oxygen atoms in total. The van der Waals surface area contributed by atoms with E-state index >= 15 is 0 Å². The molecule has 2 rings (SSSR count). The van der Waals surface area contributed by atoms with E-state index in [-0.39, 0.29) is 11.7 Å². The van der Waals surface area contributed by atoms with Crippen molar-refractivity contribution < 1.29 is 9.18 Å². The largest absolute Gasteiger partial charge is 0.356 e. The van der Waals surface area contributed by atoms with Gasteiger partial charge < -0.3 is 20.9 Å². The highest BCUT2D eigenvalue weighted by Crippen LogP contribution is 2.16. The van der Waals surface area contributed by atoms with E-state index in [1.807, 2.05) is 0 Å². The second-order valence-electron chi connectivity index (χ2n) is 7.38. The smallest absolute Gasteiger partial charge is 0.251 e. The number of hydrogen-bond acceptors (Lipinski definition) is 3. The monoisotopic (exact) mass is 391 g/mol. The number of nitrogens with zero attached hydrogens (tertiary/aromatic N) is 2.